The molecule has 2 rings (SSSR count). The zero-order chi connectivity index (χ0) is 12.1. The Balaban J connectivity index is 1.69. The molecule has 0 aliphatic carbocycles. The number of carbonyl (C=O) groups is 1. The zero-order valence-corrected chi connectivity index (χ0v) is 11.1. The maximum absolute atomic E-state index is 10.9. The molecular formula is C12H19N3OS. The third-order valence-electron chi connectivity index (χ3n) is 3.07. The lowest BCUT2D eigenvalue weighted by Gasteiger charge is -2.34. The van der Waals surface area contributed by atoms with E-state index in [1.165, 1.54) is 0 Å². The Labute approximate surface area is 106 Å². The highest BCUT2D eigenvalue weighted by molar-refractivity contribution is 7.13. The van der Waals surface area contributed by atoms with Gasteiger partial charge in [-0.1, -0.05) is 0 Å². The van der Waals surface area contributed by atoms with Gasteiger partial charge in [0.1, 0.15) is 5.78 Å². The van der Waals surface area contributed by atoms with Crippen LogP contribution in [0.3, 0.4) is 0 Å². The van der Waals surface area contributed by atoms with Crippen LogP contribution < -0.4 is 4.90 Å². The molecule has 1 aromatic heterocycles. The summed E-state index contributed by atoms with van der Waals surface area (Å²) in [4.78, 5) is 20.0. The van der Waals surface area contributed by atoms with Crippen molar-refractivity contribution in [2.45, 2.75) is 19.8 Å². The third kappa shape index (κ3) is 3.78. The van der Waals surface area contributed by atoms with Crippen LogP contribution in [-0.4, -0.2) is 48.4 Å². The summed E-state index contributed by atoms with van der Waals surface area (Å²) in [6.07, 6.45) is 3.57. The molecule has 5 heteroatoms. The topological polar surface area (TPSA) is 36.4 Å². The molecule has 0 aromatic carbocycles. The Morgan fingerprint density at radius 3 is 2.76 bits per heavy atom. The molecule has 1 aliphatic heterocycles. The molecule has 0 amide bonds. The molecule has 94 valence electrons. The maximum Gasteiger partial charge on any atom is 0.185 e. The van der Waals surface area contributed by atoms with Crippen LogP contribution in [0, 0.1) is 0 Å². The Kier molecular flexibility index (Phi) is 4.50. The summed E-state index contributed by atoms with van der Waals surface area (Å²) in [6.45, 7) is 6.97. The number of aromatic nitrogens is 1. The Bertz CT molecular complexity index is 345. The number of Topliss-reactive ketones (excluding diaryl/α,β-unsaturated/α-hetero) is 1. The standard InChI is InChI=1S/C12H19N3OS/c1-11(16)3-2-5-14-6-8-15(9-7-14)12-13-4-10-17-12/h4,10H,2-3,5-9H2,1H3. The summed E-state index contributed by atoms with van der Waals surface area (Å²) in [7, 11) is 0. The summed E-state index contributed by atoms with van der Waals surface area (Å²) >= 11 is 1.70. The average molecular weight is 253 g/mol. The van der Waals surface area contributed by atoms with E-state index in [0.717, 1.165) is 44.3 Å². The van der Waals surface area contributed by atoms with Gasteiger partial charge >= 0.3 is 0 Å². The van der Waals surface area contributed by atoms with E-state index in [-0.39, 0.29) is 0 Å². The van der Waals surface area contributed by atoms with Gasteiger partial charge in [0.2, 0.25) is 0 Å². The van der Waals surface area contributed by atoms with Crippen LogP contribution in [0.1, 0.15) is 19.8 Å². The van der Waals surface area contributed by atoms with Crippen molar-refractivity contribution < 1.29 is 4.79 Å². The first-order valence-electron chi connectivity index (χ1n) is 6.12. The van der Waals surface area contributed by atoms with E-state index in [1.807, 2.05) is 11.6 Å². The zero-order valence-electron chi connectivity index (χ0n) is 10.3. The molecule has 17 heavy (non-hydrogen) atoms. The monoisotopic (exact) mass is 253 g/mol. The van der Waals surface area contributed by atoms with Gasteiger partial charge in [0.05, 0.1) is 0 Å². The molecule has 1 aromatic rings. The van der Waals surface area contributed by atoms with Crippen molar-refractivity contribution >= 4 is 22.3 Å². The molecule has 0 saturated carbocycles. The van der Waals surface area contributed by atoms with Gasteiger partial charge in [-0.3, -0.25) is 4.90 Å². The molecule has 0 atom stereocenters. The molecule has 0 N–H and O–H groups in total. The lowest BCUT2D eigenvalue weighted by molar-refractivity contribution is -0.117. The first kappa shape index (κ1) is 12.5. The van der Waals surface area contributed by atoms with Crippen LogP contribution >= 0.6 is 11.3 Å². The fraction of sp³-hybridized carbons (Fsp3) is 0.667. The van der Waals surface area contributed by atoms with Gasteiger partial charge in [-0.2, -0.15) is 0 Å². The molecule has 1 saturated heterocycles. The number of hydrogen-bond acceptors (Lipinski definition) is 5. The van der Waals surface area contributed by atoms with Crippen LogP contribution in [0.25, 0.3) is 0 Å². The fourth-order valence-corrected chi connectivity index (χ4v) is 2.78. The average Bonchev–Trinajstić information content (AvgIpc) is 2.83. The minimum absolute atomic E-state index is 0.298. The van der Waals surface area contributed by atoms with Crippen molar-refractivity contribution in [2.24, 2.45) is 0 Å². The SMILES string of the molecule is CC(=O)CCCN1CCN(c2nccs2)CC1. The Hall–Kier alpha value is -0.940. The number of ketones is 1. The van der Waals surface area contributed by atoms with Crippen molar-refractivity contribution in [1.82, 2.24) is 9.88 Å². The lowest BCUT2D eigenvalue weighted by Crippen LogP contribution is -2.46. The van der Waals surface area contributed by atoms with Gasteiger partial charge in [-0.05, 0) is 19.9 Å². The van der Waals surface area contributed by atoms with Gasteiger partial charge in [0, 0.05) is 44.2 Å². The summed E-state index contributed by atoms with van der Waals surface area (Å²) < 4.78 is 0. The first-order chi connectivity index (χ1) is 8.25. The molecule has 0 bridgehead atoms. The van der Waals surface area contributed by atoms with Gasteiger partial charge < -0.3 is 9.69 Å². The van der Waals surface area contributed by atoms with Crippen LogP contribution in [0.5, 0.6) is 0 Å². The smallest absolute Gasteiger partial charge is 0.185 e. The normalized spacial score (nSPS) is 17.4. The fourth-order valence-electron chi connectivity index (χ4n) is 2.09. The number of piperazine rings is 1. The van der Waals surface area contributed by atoms with E-state index in [0.29, 0.717) is 12.2 Å². The minimum Gasteiger partial charge on any atom is -0.346 e. The predicted molar refractivity (Wildman–Crippen MR) is 70.7 cm³/mol. The second kappa shape index (κ2) is 6.12. The minimum atomic E-state index is 0.298. The van der Waals surface area contributed by atoms with E-state index in [2.05, 4.69) is 14.8 Å². The largest absolute Gasteiger partial charge is 0.346 e. The van der Waals surface area contributed by atoms with Gasteiger partial charge in [-0.25, -0.2) is 4.98 Å². The van der Waals surface area contributed by atoms with Crippen molar-refractivity contribution in [3.63, 3.8) is 0 Å². The summed E-state index contributed by atoms with van der Waals surface area (Å²) in [5.41, 5.74) is 0. The van der Waals surface area contributed by atoms with Gasteiger partial charge in [0.25, 0.3) is 0 Å². The van der Waals surface area contributed by atoms with E-state index in [9.17, 15) is 4.79 Å². The van der Waals surface area contributed by atoms with E-state index < -0.39 is 0 Å². The number of hydrogen-bond donors (Lipinski definition) is 0. The number of rotatable bonds is 5. The maximum atomic E-state index is 10.9. The van der Waals surface area contributed by atoms with Crippen molar-refractivity contribution in [3.05, 3.63) is 11.6 Å². The first-order valence-corrected chi connectivity index (χ1v) is 7.00. The number of anilines is 1. The molecule has 4 nitrogen and oxygen atoms in total. The third-order valence-corrected chi connectivity index (χ3v) is 3.90. The molecule has 0 radical (unpaired) electrons. The second-order valence-corrected chi connectivity index (χ2v) is 5.32. The second-order valence-electron chi connectivity index (χ2n) is 4.45. The summed E-state index contributed by atoms with van der Waals surface area (Å²) in [5, 5.41) is 3.16. The molecular weight excluding hydrogens is 234 g/mol. The van der Waals surface area contributed by atoms with Crippen LogP contribution in [0.4, 0.5) is 5.13 Å². The summed E-state index contributed by atoms with van der Waals surface area (Å²) in [5.74, 6) is 0.298. The quantitative estimate of drug-likeness (QED) is 0.799. The molecule has 2 heterocycles. The Morgan fingerprint density at radius 1 is 1.41 bits per heavy atom. The van der Waals surface area contributed by atoms with Crippen LogP contribution in [0.15, 0.2) is 11.6 Å². The van der Waals surface area contributed by atoms with E-state index >= 15 is 0 Å². The van der Waals surface area contributed by atoms with Crippen molar-refractivity contribution in [1.29, 1.82) is 0 Å². The highest BCUT2D eigenvalue weighted by atomic mass is 32.1. The van der Waals surface area contributed by atoms with Crippen LogP contribution in [-0.2, 0) is 4.79 Å². The number of nitrogens with zero attached hydrogens (tertiary/aromatic N) is 3. The highest BCUT2D eigenvalue weighted by Crippen LogP contribution is 2.18. The van der Waals surface area contributed by atoms with Crippen molar-refractivity contribution in [2.75, 3.05) is 37.6 Å². The van der Waals surface area contributed by atoms with E-state index in [4.69, 9.17) is 0 Å². The number of carbonyl (C=O) groups excluding carboxylic acids is 1. The van der Waals surface area contributed by atoms with Gasteiger partial charge in [-0.15, -0.1) is 11.3 Å². The van der Waals surface area contributed by atoms with E-state index in [1.54, 1.807) is 18.3 Å². The van der Waals surface area contributed by atoms with Crippen LogP contribution in [0.2, 0.25) is 0 Å². The lowest BCUT2D eigenvalue weighted by atomic mass is 10.2. The highest BCUT2D eigenvalue weighted by Gasteiger charge is 2.17. The molecule has 0 spiro atoms. The summed E-state index contributed by atoms with van der Waals surface area (Å²) in [6, 6.07) is 0. The number of thiazole rings is 1. The molecule has 1 aliphatic rings. The Morgan fingerprint density at radius 2 is 2.18 bits per heavy atom. The predicted octanol–water partition coefficient (Wildman–Crippen LogP) is 1.63. The van der Waals surface area contributed by atoms with Gasteiger partial charge in [0.15, 0.2) is 5.13 Å². The molecule has 1 fully saturated rings. The molecule has 0 unspecified atom stereocenters. The van der Waals surface area contributed by atoms with Crippen molar-refractivity contribution in [3.8, 4) is 0 Å².